The van der Waals surface area contributed by atoms with E-state index in [0.717, 1.165) is 11.1 Å². The Hall–Kier alpha value is -1.02. The molecule has 54 valence electrons. The summed E-state index contributed by atoms with van der Waals surface area (Å²) in [5.41, 5.74) is 2.02. The Balaban J connectivity index is 3.09. The summed E-state index contributed by atoms with van der Waals surface area (Å²) < 4.78 is 0. The molecule has 1 rings (SSSR count). The van der Waals surface area contributed by atoms with Gasteiger partial charge in [-0.2, -0.15) is 0 Å². The molecule has 0 atom stereocenters. The van der Waals surface area contributed by atoms with E-state index < -0.39 is 0 Å². The van der Waals surface area contributed by atoms with Crippen LogP contribution in [0.25, 0.3) is 0 Å². The van der Waals surface area contributed by atoms with Gasteiger partial charge in [-0.15, -0.1) is 0 Å². The lowest BCUT2D eigenvalue weighted by atomic mass is 10.1. The maximum absolute atomic E-state index is 8.34. The van der Waals surface area contributed by atoms with Crippen LogP contribution in [0, 0.1) is 13.8 Å². The van der Waals surface area contributed by atoms with Crippen molar-refractivity contribution in [2.24, 2.45) is 0 Å². The van der Waals surface area contributed by atoms with E-state index in [4.69, 9.17) is 5.26 Å². The molecule has 0 aliphatic heterocycles. The van der Waals surface area contributed by atoms with Gasteiger partial charge in [0.2, 0.25) is 0 Å². The molecule has 1 aromatic carbocycles. The van der Waals surface area contributed by atoms with Crippen LogP contribution in [0.1, 0.15) is 11.1 Å². The van der Waals surface area contributed by atoms with Gasteiger partial charge in [-0.05, 0) is 31.0 Å². The van der Waals surface area contributed by atoms with Crippen LogP contribution in [0.5, 0.6) is 5.75 Å². The summed E-state index contributed by atoms with van der Waals surface area (Å²) in [7, 11) is 0. The van der Waals surface area contributed by atoms with Crippen molar-refractivity contribution in [1.82, 2.24) is 0 Å². The van der Waals surface area contributed by atoms with Crippen LogP contribution in [-0.2, 0) is 0 Å². The molecular formula is C8H10O2. The van der Waals surface area contributed by atoms with E-state index in [0.29, 0.717) is 5.75 Å². The molecule has 10 heavy (non-hydrogen) atoms. The molecule has 0 spiro atoms. The number of aryl methyl sites for hydroxylation is 2. The highest BCUT2D eigenvalue weighted by atomic mass is 17.1. The second-order valence-electron chi connectivity index (χ2n) is 2.36. The van der Waals surface area contributed by atoms with E-state index in [1.54, 1.807) is 6.07 Å². The summed E-state index contributed by atoms with van der Waals surface area (Å²) in [6.07, 6.45) is 0. The molecule has 0 aliphatic carbocycles. The average molecular weight is 138 g/mol. The first-order chi connectivity index (χ1) is 4.74. The Kier molecular flexibility index (Phi) is 1.92. The van der Waals surface area contributed by atoms with Gasteiger partial charge < -0.3 is 4.89 Å². The van der Waals surface area contributed by atoms with Crippen LogP contribution < -0.4 is 4.89 Å². The van der Waals surface area contributed by atoms with Crippen LogP contribution >= 0.6 is 0 Å². The van der Waals surface area contributed by atoms with Crippen molar-refractivity contribution in [2.75, 3.05) is 0 Å². The minimum atomic E-state index is 0.528. The fourth-order valence-corrected chi connectivity index (χ4v) is 0.806. The van der Waals surface area contributed by atoms with Gasteiger partial charge in [-0.25, -0.2) is 5.26 Å². The number of benzene rings is 1. The predicted octanol–water partition coefficient (Wildman–Crippen LogP) is 2.16. The summed E-state index contributed by atoms with van der Waals surface area (Å²) in [5.74, 6) is 0.528. The first-order valence-electron chi connectivity index (χ1n) is 3.12. The second-order valence-corrected chi connectivity index (χ2v) is 2.36. The van der Waals surface area contributed by atoms with Crippen molar-refractivity contribution in [3.8, 4) is 5.75 Å². The molecule has 2 heteroatoms. The monoisotopic (exact) mass is 138 g/mol. The van der Waals surface area contributed by atoms with Gasteiger partial charge in [0.15, 0.2) is 5.75 Å². The first kappa shape index (κ1) is 7.09. The van der Waals surface area contributed by atoms with Crippen LogP contribution in [0.4, 0.5) is 0 Å². The van der Waals surface area contributed by atoms with Gasteiger partial charge in [0.1, 0.15) is 0 Å². The van der Waals surface area contributed by atoms with Crippen molar-refractivity contribution in [1.29, 1.82) is 0 Å². The van der Waals surface area contributed by atoms with E-state index in [1.165, 1.54) is 0 Å². The zero-order chi connectivity index (χ0) is 7.56. The zero-order valence-corrected chi connectivity index (χ0v) is 6.09. The summed E-state index contributed by atoms with van der Waals surface area (Å²) in [5, 5.41) is 8.34. The van der Waals surface area contributed by atoms with Crippen LogP contribution in [-0.4, -0.2) is 5.26 Å². The molecule has 0 aromatic heterocycles. The first-order valence-corrected chi connectivity index (χ1v) is 3.12. The van der Waals surface area contributed by atoms with E-state index in [-0.39, 0.29) is 0 Å². The summed E-state index contributed by atoms with van der Waals surface area (Å²) in [6, 6.07) is 5.66. The lowest BCUT2D eigenvalue weighted by Gasteiger charge is -2.01. The van der Waals surface area contributed by atoms with E-state index >= 15 is 0 Å². The molecule has 0 radical (unpaired) electrons. The lowest BCUT2D eigenvalue weighted by Crippen LogP contribution is -1.87. The third-order valence-electron chi connectivity index (χ3n) is 1.44. The van der Waals surface area contributed by atoms with Gasteiger partial charge in [-0.3, -0.25) is 0 Å². The van der Waals surface area contributed by atoms with Gasteiger partial charge in [0.05, 0.1) is 0 Å². The smallest absolute Gasteiger partial charge is 0.168 e. The number of rotatable bonds is 1. The molecule has 0 amide bonds. The fourth-order valence-electron chi connectivity index (χ4n) is 0.806. The largest absolute Gasteiger partial charge is 0.340 e. The Morgan fingerprint density at radius 2 is 2.00 bits per heavy atom. The normalized spacial score (nSPS) is 9.50. The van der Waals surface area contributed by atoms with Crippen molar-refractivity contribution >= 4 is 0 Å². The number of hydrogen-bond acceptors (Lipinski definition) is 2. The molecule has 1 N–H and O–H groups in total. The Morgan fingerprint density at radius 3 is 2.50 bits per heavy atom. The topological polar surface area (TPSA) is 29.5 Å². The highest BCUT2D eigenvalue weighted by Crippen LogP contribution is 2.17. The molecule has 0 unspecified atom stereocenters. The SMILES string of the molecule is Cc1ccc(C)c(OO)c1. The molecule has 0 saturated heterocycles. The Bertz CT molecular complexity index is 231. The molecule has 1 aromatic rings. The summed E-state index contributed by atoms with van der Waals surface area (Å²) in [6.45, 7) is 3.83. The predicted molar refractivity (Wildman–Crippen MR) is 39.2 cm³/mol. The standard InChI is InChI=1S/C8H10O2/c1-6-3-4-7(2)8(5-6)10-9/h3-5,9H,1-2H3. The molecule has 0 bridgehead atoms. The van der Waals surface area contributed by atoms with Crippen LogP contribution in [0.3, 0.4) is 0 Å². The Morgan fingerprint density at radius 1 is 1.30 bits per heavy atom. The highest BCUT2D eigenvalue weighted by molar-refractivity contribution is 5.35. The fraction of sp³-hybridized carbons (Fsp3) is 0.250. The van der Waals surface area contributed by atoms with Gasteiger partial charge in [-0.1, -0.05) is 12.1 Å². The Labute approximate surface area is 60.0 Å². The van der Waals surface area contributed by atoms with Gasteiger partial charge in [0.25, 0.3) is 0 Å². The highest BCUT2D eigenvalue weighted by Gasteiger charge is 1.96. The lowest BCUT2D eigenvalue weighted by molar-refractivity contribution is -0.138. The summed E-state index contributed by atoms with van der Waals surface area (Å²) in [4.78, 5) is 4.13. The van der Waals surface area contributed by atoms with E-state index in [2.05, 4.69) is 4.89 Å². The van der Waals surface area contributed by atoms with E-state index in [9.17, 15) is 0 Å². The average Bonchev–Trinajstić information content (AvgIpc) is 1.94. The second kappa shape index (κ2) is 2.71. The minimum absolute atomic E-state index is 0.528. The van der Waals surface area contributed by atoms with Crippen molar-refractivity contribution < 1.29 is 10.1 Å². The molecule has 0 fully saturated rings. The minimum Gasteiger partial charge on any atom is -0.340 e. The van der Waals surface area contributed by atoms with Crippen molar-refractivity contribution in [3.05, 3.63) is 29.3 Å². The molecule has 2 nitrogen and oxygen atoms in total. The molecule has 0 heterocycles. The summed E-state index contributed by atoms with van der Waals surface area (Å²) >= 11 is 0. The quantitative estimate of drug-likeness (QED) is 0.476. The maximum atomic E-state index is 8.34. The molecular weight excluding hydrogens is 128 g/mol. The number of hydrogen-bond donors (Lipinski definition) is 1. The van der Waals surface area contributed by atoms with Crippen molar-refractivity contribution in [3.63, 3.8) is 0 Å². The van der Waals surface area contributed by atoms with Gasteiger partial charge in [0, 0.05) is 0 Å². The van der Waals surface area contributed by atoms with Gasteiger partial charge >= 0.3 is 0 Å². The van der Waals surface area contributed by atoms with E-state index in [1.807, 2.05) is 26.0 Å². The molecule has 0 aliphatic rings. The van der Waals surface area contributed by atoms with Crippen LogP contribution in [0.15, 0.2) is 18.2 Å². The van der Waals surface area contributed by atoms with Crippen LogP contribution in [0.2, 0.25) is 0 Å². The zero-order valence-electron chi connectivity index (χ0n) is 6.09. The van der Waals surface area contributed by atoms with Crippen molar-refractivity contribution in [2.45, 2.75) is 13.8 Å². The maximum Gasteiger partial charge on any atom is 0.168 e. The molecule has 0 saturated carbocycles. The third-order valence-corrected chi connectivity index (χ3v) is 1.44. The third kappa shape index (κ3) is 1.28.